The SMILES string of the molecule is COc1cc(C(Br)c2ccc(C)cc2Br)c(OC)cc1Br. The maximum absolute atomic E-state index is 5.50. The summed E-state index contributed by atoms with van der Waals surface area (Å²) in [6.45, 7) is 2.07. The number of alkyl halides is 1. The van der Waals surface area contributed by atoms with E-state index in [1.165, 1.54) is 5.56 Å². The molecule has 5 heteroatoms. The van der Waals surface area contributed by atoms with Crippen LogP contribution in [-0.2, 0) is 0 Å². The van der Waals surface area contributed by atoms with Gasteiger partial charge in [-0.15, -0.1) is 0 Å². The summed E-state index contributed by atoms with van der Waals surface area (Å²) in [7, 11) is 3.32. The second-order valence-corrected chi connectivity index (χ2v) is 7.24. The molecule has 1 unspecified atom stereocenters. The molecule has 2 aromatic carbocycles. The van der Waals surface area contributed by atoms with E-state index in [1.807, 2.05) is 12.1 Å². The molecule has 2 nitrogen and oxygen atoms in total. The minimum absolute atomic E-state index is 0.00410. The standard InChI is InChI=1S/C16H15Br3O2/c1-9-4-5-10(12(17)6-9)16(19)11-7-15(21-3)13(18)8-14(11)20-2/h4-8,16H,1-3H3. The molecule has 0 radical (unpaired) electrons. The zero-order chi connectivity index (χ0) is 15.6. The van der Waals surface area contributed by atoms with Crippen molar-refractivity contribution < 1.29 is 9.47 Å². The Labute approximate surface area is 150 Å². The lowest BCUT2D eigenvalue weighted by Gasteiger charge is -2.18. The van der Waals surface area contributed by atoms with Gasteiger partial charge >= 0.3 is 0 Å². The molecule has 0 aliphatic rings. The molecule has 2 rings (SSSR count). The Morgan fingerprint density at radius 3 is 2.10 bits per heavy atom. The van der Waals surface area contributed by atoms with Crippen molar-refractivity contribution in [1.82, 2.24) is 0 Å². The van der Waals surface area contributed by atoms with Crippen molar-refractivity contribution in [3.05, 3.63) is 56.0 Å². The average Bonchev–Trinajstić information content (AvgIpc) is 2.46. The minimum atomic E-state index is 0.00410. The molecule has 112 valence electrons. The van der Waals surface area contributed by atoms with E-state index < -0.39 is 0 Å². The van der Waals surface area contributed by atoms with Gasteiger partial charge in [0.25, 0.3) is 0 Å². The highest BCUT2D eigenvalue weighted by molar-refractivity contribution is 9.11. The van der Waals surface area contributed by atoms with Gasteiger partial charge < -0.3 is 9.47 Å². The molecule has 0 saturated carbocycles. The molecule has 0 saturated heterocycles. The number of rotatable bonds is 4. The molecule has 0 aliphatic carbocycles. The van der Waals surface area contributed by atoms with Gasteiger partial charge in [0.15, 0.2) is 0 Å². The largest absolute Gasteiger partial charge is 0.496 e. The Morgan fingerprint density at radius 2 is 1.52 bits per heavy atom. The number of benzene rings is 2. The third-order valence-corrected chi connectivity index (χ3v) is 5.50. The molecule has 0 N–H and O–H groups in total. The van der Waals surface area contributed by atoms with Crippen LogP contribution in [0.4, 0.5) is 0 Å². The lowest BCUT2D eigenvalue weighted by atomic mass is 10.0. The predicted molar refractivity (Wildman–Crippen MR) is 96.9 cm³/mol. The van der Waals surface area contributed by atoms with Crippen molar-refractivity contribution in [2.45, 2.75) is 11.8 Å². The molecule has 2 aromatic rings. The molecule has 0 amide bonds. The van der Waals surface area contributed by atoms with Gasteiger partial charge in [-0.25, -0.2) is 0 Å². The number of hydrogen-bond acceptors (Lipinski definition) is 2. The van der Waals surface area contributed by atoms with E-state index in [0.717, 1.165) is 31.6 Å². The Kier molecular flexibility index (Phi) is 5.74. The van der Waals surface area contributed by atoms with Crippen molar-refractivity contribution in [1.29, 1.82) is 0 Å². The minimum Gasteiger partial charge on any atom is -0.496 e. The summed E-state index contributed by atoms with van der Waals surface area (Å²) in [5.74, 6) is 1.58. The third-order valence-electron chi connectivity index (χ3n) is 3.21. The summed E-state index contributed by atoms with van der Waals surface area (Å²) in [6.07, 6.45) is 0. The first-order chi connectivity index (χ1) is 9.97. The van der Waals surface area contributed by atoms with E-state index >= 15 is 0 Å². The zero-order valence-corrected chi connectivity index (χ0v) is 16.7. The summed E-state index contributed by atoms with van der Waals surface area (Å²) >= 11 is 10.9. The number of halogens is 3. The Hall–Kier alpha value is -0.520. The van der Waals surface area contributed by atoms with Gasteiger partial charge in [0.1, 0.15) is 11.5 Å². The molecule has 0 bridgehead atoms. The smallest absolute Gasteiger partial charge is 0.133 e. The summed E-state index contributed by atoms with van der Waals surface area (Å²) in [5, 5.41) is 0. The second kappa shape index (κ2) is 7.16. The van der Waals surface area contributed by atoms with E-state index in [4.69, 9.17) is 9.47 Å². The van der Waals surface area contributed by atoms with Crippen LogP contribution in [0, 0.1) is 6.92 Å². The normalized spacial score (nSPS) is 12.1. The lowest BCUT2D eigenvalue weighted by Crippen LogP contribution is -2.00. The third kappa shape index (κ3) is 3.63. The molecular formula is C16H15Br3O2. The van der Waals surface area contributed by atoms with Gasteiger partial charge in [-0.1, -0.05) is 44.0 Å². The Bertz CT molecular complexity index is 656. The number of methoxy groups -OCH3 is 2. The lowest BCUT2D eigenvalue weighted by molar-refractivity contribution is 0.397. The fourth-order valence-corrected chi connectivity index (χ4v) is 4.36. The number of hydrogen-bond donors (Lipinski definition) is 0. The van der Waals surface area contributed by atoms with Crippen molar-refractivity contribution >= 4 is 47.8 Å². The van der Waals surface area contributed by atoms with Crippen LogP contribution in [0.5, 0.6) is 11.5 Å². The van der Waals surface area contributed by atoms with Crippen LogP contribution >= 0.6 is 47.8 Å². The zero-order valence-electron chi connectivity index (χ0n) is 11.9. The van der Waals surface area contributed by atoms with Crippen LogP contribution in [0.3, 0.4) is 0 Å². The maximum atomic E-state index is 5.50. The van der Waals surface area contributed by atoms with Gasteiger partial charge in [0.2, 0.25) is 0 Å². The van der Waals surface area contributed by atoms with Crippen LogP contribution in [-0.4, -0.2) is 14.2 Å². The molecule has 1 atom stereocenters. The topological polar surface area (TPSA) is 18.5 Å². The highest BCUT2D eigenvalue weighted by Crippen LogP contribution is 2.43. The summed E-state index contributed by atoms with van der Waals surface area (Å²) in [5.41, 5.74) is 3.37. The average molecular weight is 479 g/mol. The van der Waals surface area contributed by atoms with Crippen molar-refractivity contribution in [2.75, 3.05) is 14.2 Å². The fourth-order valence-electron chi connectivity index (χ4n) is 2.09. The first kappa shape index (κ1) is 16.8. The van der Waals surface area contributed by atoms with Crippen LogP contribution in [0.15, 0.2) is 39.3 Å². The molecule has 0 heterocycles. The molecule has 0 aromatic heterocycles. The highest BCUT2D eigenvalue weighted by Gasteiger charge is 2.20. The number of ether oxygens (including phenoxy) is 2. The molecular weight excluding hydrogens is 464 g/mol. The summed E-state index contributed by atoms with van der Waals surface area (Å²) < 4.78 is 12.8. The van der Waals surface area contributed by atoms with E-state index in [-0.39, 0.29) is 4.83 Å². The van der Waals surface area contributed by atoms with Gasteiger partial charge in [0.05, 0.1) is 23.5 Å². The number of aryl methyl sites for hydroxylation is 1. The van der Waals surface area contributed by atoms with E-state index in [9.17, 15) is 0 Å². The van der Waals surface area contributed by atoms with Crippen LogP contribution < -0.4 is 9.47 Å². The second-order valence-electron chi connectivity index (χ2n) is 4.62. The van der Waals surface area contributed by atoms with Gasteiger partial charge in [0, 0.05) is 10.0 Å². The summed E-state index contributed by atoms with van der Waals surface area (Å²) in [4.78, 5) is 0.00410. The van der Waals surface area contributed by atoms with E-state index in [2.05, 4.69) is 72.9 Å². The predicted octanol–water partition coefficient (Wildman–Crippen LogP) is 6.02. The highest BCUT2D eigenvalue weighted by atomic mass is 79.9. The fraction of sp³-hybridized carbons (Fsp3) is 0.250. The summed E-state index contributed by atoms with van der Waals surface area (Å²) in [6, 6.07) is 10.2. The molecule has 0 aliphatic heterocycles. The van der Waals surface area contributed by atoms with Gasteiger partial charge in [-0.2, -0.15) is 0 Å². The van der Waals surface area contributed by atoms with Crippen LogP contribution in [0.25, 0.3) is 0 Å². The van der Waals surface area contributed by atoms with Crippen molar-refractivity contribution in [3.63, 3.8) is 0 Å². The first-order valence-electron chi connectivity index (χ1n) is 6.29. The Morgan fingerprint density at radius 1 is 0.857 bits per heavy atom. The quantitative estimate of drug-likeness (QED) is 0.500. The van der Waals surface area contributed by atoms with Crippen LogP contribution in [0.2, 0.25) is 0 Å². The Balaban J connectivity index is 2.53. The van der Waals surface area contributed by atoms with Crippen LogP contribution in [0.1, 0.15) is 21.5 Å². The van der Waals surface area contributed by atoms with E-state index in [0.29, 0.717) is 0 Å². The van der Waals surface area contributed by atoms with Gasteiger partial charge in [-0.3, -0.25) is 0 Å². The van der Waals surface area contributed by atoms with Crippen molar-refractivity contribution in [3.8, 4) is 11.5 Å². The van der Waals surface area contributed by atoms with E-state index in [1.54, 1.807) is 14.2 Å². The first-order valence-corrected chi connectivity index (χ1v) is 8.79. The monoisotopic (exact) mass is 476 g/mol. The molecule has 21 heavy (non-hydrogen) atoms. The van der Waals surface area contributed by atoms with Crippen molar-refractivity contribution in [2.24, 2.45) is 0 Å². The molecule has 0 fully saturated rings. The maximum Gasteiger partial charge on any atom is 0.133 e. The van der Waals surface area contributed by atoms with Gasteiger partial charge in [-0.05, 0) is 52.2 Å². The molecule has 0 spiro atoms.